The van der Waals surface area contributed by atoms with Gasteiger partial charge in [0.05, 0.1) is 0 Å². The lowest BCUT2D eigenvalue weighted by molar-refractivity contribution is 0.121. The van der Waals surface area contributed by atoms with Gasteiger partial charge in [0.2, 0.25) is 0 Å². The SMILES string of the molecule is CN1C(=O)N(C)[C@@H]2NNC(=S)N(C)[C@@H]21. The molecule has 0 aromatic heterocycles. The maximum atomic E-state index is 11.6. The molecule has 2 atom stereocenters. The highest BCUT2D eigenvalue weighted by atomic mass is 32.1. The molecule has 0 saturated carbocycles. The summed E-state index contributed by atoms with van der Waals surface area (Å²) in [6.07, 6.45) is -0.106. The van der Waals surface area contributed by atoms with E-state index < -0.39 is 0 Å². The van der Waals surface area contributed by atoms with Crippen LogP contribution in [-0.2, 0) is 0 Å². The summed E-state index contributed by atoms with van der Waals surface area (Å²) in [5.41, 5.74) is 5.86. The number of hydrazine groups is 1. The van der Waals surface area contributed by atoms with Crippen LogP contribution in [0.4, 0.5) is 4.79 Å². The fraction of sp³-hybridized carbons (Fsp3) is 0.714. The van der Waals surface area contributed by atoms with E-state index in [4.69, 9.17) is 12.2 Å². The van der Waals surface area contributed by atoms with Gasteiger partial charge >= 0.3 is 6.03 Å². The first-order valence-electron chi connectivity index (χ1n) is 4.32. The topological polar surface area (TPSA) is 50.9 Å². The number of fused-ring (bicyclic) bond motifs is 1. The van der Waals surface area contributed by atoms with E-state index in [1.54, 1.807) is 23.9 Å². The summed E-state index contributed by atoms with van der Waals surface area (Å²) in [5, 5.41) is 0.598. The molecular formula is C7H13N5OS. The molecule has 2 amide bonds. The van der Waals surface area contributed by atoms with Crippen LogP contribution < -0.4 is 10.9 Å². The van der Waals surface area contributed by atoms with Gasteiger partial charge in [-0.25, -0.2) is 10.2 Å². The molecule has 0 unspecified atom stereocenters. The van der Waals surface area contributed by atoms with Crippen molar-refractivity contribution >= 4 is 23.4 Å². The first kappa shape index (κ1) is 9.47. The number of amides is 2. The van der Waals surface area contributed by atoms with E-state index in [9.17, 15) is 4.79 Å². The number of hydrogen-bond acceptors (Lipinski definition) is 3. The highest BCUT2D eigenvalue weighted by Gasteiger charge is 2.47. The molecule has 0 bridgehead atoms. The zero-order chi connectivity index (χ0) is 10.5. The number of nitrogens with zero attached hydrogens (tertiary/aromatic N) is 3. The van der Waals surface area contributed by atoms with Crippen LogP contribution in [0.25, 0.3) is 0 Å². The second-order valence-electron chi connectivity index (χ2n) is 3.55. The van der Waals surface area contributed by atoms with Gasteiger partial charge in [-0.3, -0.25) is 5.43 Å². The Morgan fingerprint density at radius 3 is 2.50 bits per heavy atom. The normalized spacial score (nSPS) is 32.1. The molecule has 2 saturated heterocycles. The third-order valence-corrected chi connectivity index (χ3v) is 3.13. The smallest absolute Gasteiger partial charge is 0.322 e. The Morgan fingerprint density at radius 1 is 1.21 bits per heavy atom. The van der Waals surface area contributed by atoms with Gasteiger partial charge in [-0.1, -0.05) is 0 Å². The zero-order valence-corrected chi connectivity index (χ0v) is 9.13. The number of likely N-dealkylation sites (N-methyl/N-ethyl adjacent to an activating group) is 3. The van der Waals surface area contributed by atoms with E-state index >= 15 is 0 Å². The van der Waals surface area contributed by atoms with Gasteiger partial charge in [-0.05, 0) is 12.2 Å². The summed E-state index contributed by atoms with van der Waals surface area (Å²) < 4.78 is 0. The van der Waals surface area contributed by atoms with Crippen LogP contribution in [0.3, 0.4) is 0 Å². The van der Waals surface area contributed by atoms with Crippen molar-refractivity contribution in [1.29, 1.82) is 0 Å². The van der Waals surface area contributed by atoms with Crippen molar-refractivity contribution in [3.05, 3.63) is 0 Å². The van der Waals surface area contributed by atoms with Crippen LogP contribution in [0.5, 0.6) is 0 Å². The van der Waals surface area contributed by atoms with Gasteiger partial charge in [0.25, 0.3) is 0 Å². The second kappa shape index (κ2) is 2.96. The molecule has 6 nitrogen and oxygen atoms in total. The van der Waals surface area contributed by atoms with Crippen molar-refractivity contribution < 1.29 is 4.79 Å². The van der Waals surface area contributed by atoms with Crippen LogP contribution >= 0.6 is 12.2 Å². The van der Waals surface area contributed by atoms with Crippen molar-refractivity contribution in [3.63, 3.8) is 0 Å². The summed E-state index contributed by atoms with van der Waals surface area (Å²) in [7, 11) is 5.41. The third kappa shape index (κ3) is 1.05. The third-order valence-electron chi connectivity index (χ3n) is 2.74. The predicted molar refractivity (Wildman–Crippen MR) is 55.1 cm³/mol. The van der Waals surface area contributed by atoms with Crippen LogP contribution in [0, 0.1) is 0 Å². The van der Waals surface area contributed by atoms with E-state index in [2.05, 4.69) is 10.9 Å². The van der Waals surface area contributed by atoms with Crippen molar-refractivity contribution in [3.8, 4) is 0 Å². The van der Waals surface area contributed by atoms with E-state index in [1.165, 1.54) is 0 Å². The molecule has 0 radical (unpaired) electrons. The fourth-order valence-corrected chi connectivity index (χ4v) is 2.05. The Kier molecular flexibility index (Phi) is 2.00. The molecule has 0 aliphatic carbocycles. The summed E-state index contributed by atoms with van der Waals surface area (Å²) in [4.78, 5) is 16.8. The van der Waals surface area contributed by atoms with Gasteiger partial charge in [-0.15, -0.1) is 0 Å². The molecule has 78 valence electrons. The van der Waals surface area contributed by atoms with E-state index in [1.807, 2.05) is 11.9 Å². The van der Waals surface area contributed by atoms with Gasteiger partial charge < -0.3 is 14.7 Å². The first-order chi connectivity index (χ1) is 6.54. The van der Waals surface area contributed by atoms with Gasteiger partial charge in [0, 0.05) is 21.1 Å². The molecule has 2 N–H and O–H groups in total. The Balaban J connectivity index is 2.29. The van der Waals surface area contributed by atoms with E-state index in [-0.39, 0.29) is 18.4 Å². The molecule has 7 heteroatoms. The number of urea groups is 1. The minimum absolute atomic E-state index is 0.00847. The molecule has 2 aliphatic heterocycles. The highest BCUT2D eigenvalue weighted by molar-refractivity contribution is 7.80. The van der Waals surface area contributed by atoms with Crippen LogP contribution in [0.15, 0.2) is 0 Å². The van der Waals surface area contributed by atoms with Crippen LogP contribution in [0.1, 0.15) is 0 Å². The maximum absolute atomic E-state index is 11.6. The molecule has 2 aliphatic rings. The van der Waals surface area contributed by atoms with Crippen molar-refractivity contribution in [2.45, 2.75) is 12.3 Å². The van der Waals surface area contributed by atoms with Crippen LogP contribution in [0.2, 0.25) is 0 Å². The van der Waals surface area contributed by atoms with Gasteiger partial charge in [-0.2, -0.15) is 0 Å². The molecular weight excluding hydrogens is 202 g/mol. The number of carbonyl (C=O) groups excluding carboxylic acids is 1. The second-order valence-corrected chi connectivity index (χ2v) is 3.93. The largest absolute Gasteiger partial charge is 0.327 e. The molecule has 0 aromatic carbocycles. The van der Waals surface area contributed by atoms with Crippen LogP contribution in [-0.4, -0.2) is 59.3 Å². The average molecular weight is 215 g/mol. The molecule has 2 heterocycles. The van der Waals surface area contributed by atoms with Crippen molar-refractivity contribution in [2.75, 3.05) is 21.1 Å². The molecule has 2 rings (SSSR count). The number of carbonyl (C=O) groups is 1. The van der Waals surface area contributed by atoms with Crippen molar-refractivity contribution in [2.24, 2.45) is 0 Å². The molecule has 14 heavy (non-hydrogen) atoms. The number of rotatable bonds is 0. The lowest BCUT2D eigenvalue weighted by atomic mass is 10.3. The van der Waals surface area contributed by atoms with Crippen molar-refractivity contribution in [1.82, 2.24) is 25.6 Å². The predicted octanol–water partition coefficient (Wildman–Crippen LogP) is -1.04. The lowest BCUT2D eigenvalue weighted by Gasteiger charge is -2.40. The van der Waals surface area contributed by atoms with E-state index in [0.717, 1.165) is 0 Å². The number of hydrogen-bond donors (Lipinski definition) is 2. The maximum Gasteiger partial charge on any atom is 0.322 e. The Hall–Kier alpha value is -1.08. The lowest BCUT2D eigenvalue weighted by Crippen LogP contribution is -2.67. The highest BCUT2D eigenvalue weighted by Crippen LogP contribution is 2.21. The summed E-state index contributed by atoms with van der Waals surface area (Å²) >= 11 is 5.08. The zero-order valence-electron chi connectivity index (χ0n) is 8.31. The monoisotopic (exact) mass is 215 g/mol. The summed E-state index contributed by atoms with van der Waals surface area (Å²) in [6.45, 7) is 0. The van der Waals surface area contributed by atoms with Gasteiger partial charge in [0.1, 0.15) is 12.3 Å². The minimum atomic E-state index is -0.0656. The Labute approximate surface area is 87.8 Å². The van der Waals surface area contributed by atoms with E-state index in [0.29, 0.717) is 5.11 Å². The summed E-state index contributed by atoms with van der Waals surface area (Å²) in [5.74, 6) is 0. The quantitative estimate of drug-likeness (QED) is 0.506. The Bertz CT molecular complexity index is 292. The molecule has 0 spiro atoms. The fourth-order valence-electron chi connectivity index (χ4n) is 1.88. The summed E-state index contributed by atoms with van der Waals surface area (Å²) in [6, 6.07) is -0.00847. The van der Waals surface area contributed by atoms with Gasteiger partial charge in [0.15, 0.2) is 5.11 Å². The number of nitrogens with one attached hydrogen (secondary N) is 2. The average Bonchev–Trinajstić information content (AvgIpc) is 2.38. The Morgan fingerprint density at radius 2 is 1.86 bits per heavy atom. The number of thiocarbonyl (C=S) groups is 1. The standard InChI is InChI=1S/C7H13N5OS/c1-10-4-5(12(3)7(10)13)11(2)6(14)9-8-4/h4-5,8H,1-3H3,(H,9,14)/t4-,5+/m0/s1. The minimum Gasteiger partial charge on any atom is -0.327 e. The molecule has 2 fully saturated rings. The first-order valence-corrected chi connectivity index (χ1v) is 4.73. The molecule has 0 aromatic rings.